The zero-order chi connectivity index (χ0) is 16.2. The van der Waals surface area contributed by atoms with Crippen molar-refractivity contribution in [3.05, 3.63) is 65.2 Å². The predicted octanol–water partition coefficient (Wildman–Crippen LogP) is 4.15. The molecule has 5 heteroatoms. The molecular formula is C19H22Cl2N2O. The number of halogens is 2. The zero-order valence-electron chi connectivity index (χ0n) is 13.6. The number of hydrogen-bond donors (Lipinski definition) is 1. The highest BCUT2D eigenvalue weighted by Crippen LogP contribution is 2.24. The van der Waals surface area contributed by atoms with E-state index in [1.807, 2.05) is 66.4 Å². The maximum atomic E-state index is 13.0. The van der Waals surface area contributed by atoms with Crippen molar-refractivity contribution in [2.75, 3.05) is 18.0 Å². The minimum atomic E-state index is 0. The largest absolute Gasteiger partial charge is 0.316 e. The van der Waals surface area contributed by atoms with Crippen molar-refractivity contribution in [2.45, 2.75) is 13.5 Å². The van der Waals surface area contributed by atoms with Crippen LogP contribution in [0, 0.1) is 11.8 Å². The molecular weight excluding hydrogens is 343 g/mol. The van der Waals surface area contributed by atoms with Crippen LogP contribution in [0.1, 0.15) is 12.5 Å². The fraction of sp³-hybridized carbons (Fsp3) is 0.316. The van der Waals surface area contributed by atoms with Crippen LogP contribution in [0.25, 0.3) is 0 Å². The van der Waals surface area contributed by atoms with E-state index < -0.39 is 0 Å². The van der Waals surface area contributed by atoms with Gasteiger partial charge in [0, 0.05) is 16.6 Å². The molecule has 1 unspecified atom stereocenters. The van der Waals surface area contributed by atoms with Crippen LogP contribution in [-0.4, -0.2) is 19.0 Å². The molecule has 1 heterocycles. The van der Waals surface area contributed by atoms with E-state index in [0.717, 1.165) is 24.3 Å². The quantitative estimate of drug-likeness (QED) is 0.863. The number of hydrogen-bond acceptors (Lipinski definition) is 2. The Hall–Kier alpha value is -1.55. The number of anilines is 1. The number of nitrogens with one attached hydrogen (secondary N) is 1. The maximum absolute atomic E-state index is 13.0. The lowest BCUT2D eigenvalue weighted by Crippen LogP contribution is -2.50. The first kappa shape index (κ1) is 18.8. The Labute approximate surface area is 154 Å². The van der Waals surface area contributed by atoms with Gasteiger partial charge in [-0.1, -0.05) is 48.9 Å². The molecule has 3 rings (SSSR count). The zero-order valence-corrected chi connectivity index (χ0v) is 15.2. The molecule has 1 N–H and O–H groups in total. The van der Waals surface area contributed by atoms with Gasteiger partial charge in [0.2, 0.25) is 5.91 Å². The Morgan fingerprint density at radius 3 is 2.33 bits per heavy atom. The topological polar surface area (TPSA) is 32.3 Å². The summed E-state index contributed by atoms with van der Waals surface area (Å²) < 4.78 is 0. The Balaban J connectivity index is 0.00000208. The van der Waals surface area contributed by atoms with Gasteiger partial charge in [-0.3, -0.25) is 4.79 Å². The average Bonchev–Trinajstić information content (AvgIpc) is 2.53. The van der Waals surface area contributed by atoms with Crippen LogP contribution in [0.15, 0.2) is 54.6 Å². The van der Waals surface area contributed by atoms with E-state index >= 15 is 0 Å². The molecule has 128 valence electrons. The molecule has 1 atom stereocenters. The van der Waals surface area contributed by atoms with Gasteiger partial charge in [0.15, 0.2) is 0 Å². The summed E-state index contributed by atoms with van der Waals surface area (Å²) in [6.45, 7) is 4.45. The van der Waals surface area contributed by atoms with Crippen molar-refractivity contribution in [2.24, 2.45) is 11.8 Å². The first-order chi connectivity index (χ1) is 11.1. The highest BCUT2D eigenvalue weighted by molar-refractivity contribution is 6.30. The Bertz CT molecular complexity index is 657. The molecule has 1 fully saturated rings. The van der Waals surface area contributed by atoms with Gasteiger partial charge < -0.3 is 10.2 Å². The lowest BCUT2D eigenvalue weighted by Gasteiger charge is -2.35. The average molecular weight is 365 g/mol. The van der Waals surface area contributed by atoms with E-state index in [0.29, 0.717) is 17.5 Å². The van der Waals surface area contributed by atoms with Crippen molar-refractivity contribution in [1.29, 1.82) is 0 Å². The summed E-state index contributed by atoms with van der Waals surface area (Å²) >= 11 is 5.96. The molecule has 0 saturated carbocycles. The number of carbonyl (C=O) groups is 1. The molecule has 1 saturated heterocycles. The van der Waals surface area contributed by atoms with Crippen molar-refractivity contribution >= 4 is 35.6 Å². The highest BCUT2D eigenvalue weighted by Gasteiger charge is 2.32. The summed E-state index contributed by atoms with van der Waals surface area (Å²) in [6, 6.07) is 17.5. The summed E-state index contributed by atoms with van der Waals surface area (Å²) in [6.07, 6.45) is 0. The van der Waals surface area contributed by atoms with Crippen molar-refractivity contribution in [3.8, 4) is 0 Å². The molecule has 0 bridgehead atoms. The van der Waals surface area contributed by atoms with Crippen molar-refractivity contribution in [1.82, 2.24) is 5.32 Å². The van der Waals surface area contributed by atoms with Gasteiger partial charge in [-0.05, 0) is 48.8 Å². The Kier molecular flexibility index (Phi) is 6.67. The van der Waals surface area contributed by atoms with E-state index in [4.69, 9.17) is 11.6 Å². The van der Waals surface area contributed by atoms with E-state index in [2.05, 4.69) is 5.32 Å². The monoisotopic (exact) mass is 364 g/mol. The molecule has 0 radical (unpaired) electrons. The highest BCUT2D eigenvalue weighted by atomic mass is 35.5. The molecule has 1 aliphatic rings. The third kappa shape index (κ3) is 4.29. The number of amides is 1. The number of carbonyl (C=O) groups excluding carboxylic acids is 1. The second kappa shape index (κ2) is 8.52. The van der Waals surface area contributed by atoms with Gasteiger partial charge in [0.25, 0.3) is 0 Å². The minimum Gasteiger partial charge on any atom is -0.316 e. The summed E-state index contributed by atoms with van der Waals surface area (Å²) in [7, 11) is 0. The first-order valence-corrected chi connectivity index (χ1v) is 8.34. The summed E-state index contributed by atoms with van der Waals surface area (Å²) in [4.78, 5) is 14.9. The molecule has 24 heavy (non-hydrogen) atoms. The lowest BCUT2D eigenvalue weighted by atomic mass is 9.87. The maximum Gasteiger partial charge on any atom is 0.230 e. The number of benzene rings is 2. The SMILES string of the molecule is CC(C(=O)N(Cc1ccc(Cl)cc1)c1ccccc1)C1CNC1.Cl. The van der Waals surface area contributed by atoms with Crippen molar-refractivity contribution < 1.29 is 4.79 Å². The smallest absolute Gasteiger partial charge is 0.230 e. The third-order valence-electron chi connectivity index (χ3n) is 4.50. The molecule has 2 aromatic carbocycles. The van der Waals surface area contributed by atoms with Crippen LogP contribution in [-0.2, 0) is 11.3 Å². The molecule has 1 amide bonds. The van der Waals surface area contributed by atoms with E-state index in [9.17, 15) is 4.79 Å². The van der Waals surface area contributed by atoms with Crippen LogP contribution in [0.2, 0.25) is 5.02 Å². The third-order valence-corrected chi connectivity index (χ3v) is 4.75. The molecule has 2 aromatic rings. The molecule has 3 nitrogen and oxygen atoms in total. The summed E-state index contributed by atoms with van der Waals surface area (Å²) in [5.74, 6) is 0.625. The van der Waals surface area contributed by atoms with Crippen LogP contribution in [0.4, 0.5) is 5.69 Å². The van der Waals surface area contributed by atoms with Gasteiger partial charge >= 0.3 is 0 Å². The van der Waals surface area contributed by atoms with Crippen LogP contribution in [0.3, 0.4) is 0 Å². The molecule has 0 aromatic heterocycles. The standard InChI is InChI=1S/C19H21ClN2O.ClH/c1-14(16-11-21-12-16)19(23)22(18-5-3-2-4-6-18)13-15-7-9-17(20)10-8-15;/h2-10,14,16,21H,11-13H2,1H3;1H. The summed E-state index contributed by atoms with van der Waals surface area (Å²) in [5, 5.41) is 3.95. The second-order valence-corrected chi connectivity index (χ2v) is 6.53. The van der Waals surface area contributed by atoms with Gasteiger partial charge in [0.1, 0.15) is 0 Å². The number of rotatable bonds is 5. The Morgan fingerprint density at radius 1 is 1.17 bits per heavy atom. The fourth-order valence-corrected chi connectivity index (χ4v) is 2.91. The van der Waals surface area contributed by atoms with Crippen LogP contribution < -0.4 is 10.2 Å². The van der Waals surface area contributed by atoms with Gasteiger partial charge in [-0.25, -0.2) is 0 Å². The van der Waals surface area contributed by atoms with Crippen molar-refractivity contribution in [3.63, 3.8) is 0 Å². The van der Waals surface area contributed by atoms with Gasteiger partial charge in [0.05, 0.1) is 6.54 Å². The Morgan fingerprint density at radius 2 is 1.79 bits per heavy atom. The molecule has 1 aliphatic heterocycles. The molecule has 0 aliphatic carbocycles. The fourth-order valence-electron chi connectivity index (χ4n) is 2.79. The minimum absolute atomic E-state index is 0. The van der Waals surface area contributed by atoms with Crippen LogP contribution >= 0.6 is 24.0 Å². The molecule has 0 spiro atoms. The van der Waals surface area contributed by atoms with Gasteiger partial charge in [-0.2, -0.15) is 0 Å². The normalized spacial score (nSPS) is 15.1. The predicted molar refractivity (Wildman–Crippen MR) is 102 cm³/mol. The van der Waals surface area contributed by atoms with E-state index in [-0.39, 0.29) is 24.2 Å². The van der Waals surface area contributed by atoms with E-state index in [1.54, 1.807) is 0 Å². The van der Waals surface area contributed by atoms with Crippen LogP contribution in [0.5, 0.6) is 0 Å². The second-order valence-electron chi connectivity index (χ2n) is 6.09. The lowest BCUT2D eigenvalue weighted by molar-refractivity contribution is -0.124. The van der Waals surface area contributed by atoms with E-state index in [1.165, 1.54) is 0 Å². The number of nitrogens with zero attached hydrogens (tertiary/aromatic N) is 1. The van der Waals surface area contributed by atoms with Gasteiger partial charge in [-0.15, -0.1) is 12.4 Å². The number of para-hydroxylation sites is 1. The first-order valence-electron chi connectivity index (χ1n) is 7.97. The summed E-state index contributed by atoms with van der Waals surface area (Å²) in [5.41, 5.74) is 2.01.